The van der Waals surface area contributed by atoms with E-state index in [-0.39, 0.29) is 18.3 Å². The van der Waals surface area contributed by atoms with Gasteiger partial charge in [0.15, 0.2) is 5.78 Å². The first-order chi connectivity index (χ1) is 5.95. The molecule has 0 radical (unpaired) electrons. The Kier molecular flexibility index (Phi) is 2.88. The highest BCUT2D eigenvalue weighted by atomic mass is 16.3. The molecule has 0 amide bonds. The number of hydrogen-bond donors (Lipinski definition) is 2. The van der Waals surface area contributed by atoms with E-state index in [0.717, 1.165) is 0 Å². The molecule has 2 N–H and O–H groups in total. The standard InChI is InChI=1S/C10H16O3/c1-10(2,13)8-4-3-7(6-11)9(12)5-8/h3,8,11,13H,4-6H2,1-2H3/t8-/m1/s1. The molecule has 1 aliphatic carbocycles. The summed E-state index contributed by atoms with van der Waals surface area (Å²) in [4.78, 5) is 11.3. The molecule has 1 atom stereocenters. The van der Waals surface area contributed by atoms with Crippen molar-refractivity contribution in [2.75, 3.05) is 6.61 Å². The summed E-state index contributed by atoms with van der Waals surface area (Å²) in [6.07, 6.45) is 2.75. The van der Waals surface area contributed by atoms with Gasteiger partial charge < -0.3 is 10.2 Å². The fourth-order valence-electron chi connectivity index (χ4n) is 1.53. The predicted molar refractivity (Wildman–Crippen MR) is 49.2 cm³/mol. The van der Waals surface area contributed by atoms with Crippen LogP contribution >= 0.6 is 0 Å². The van der Waals surface area contributed by atoms with E-state index < -0.39 is 5.60 Å². The first kappa shape index (κ1) is 10.4. The summed E-state index contributed by atoms with van der Waals surface area (Å²) in [5, 5.41) is 18.5. The van der Waals surface area contributed by atoms with Crippen LogP contribution in [0.4, 0.5) is 0 Å². The maximum absolute atomic E-state index is 11.3. The van der Waals surface area contributed by atoms with Crippen molar-refractivity contribution in [3.63, 3.8) is 0 Å². The van der Waals surface area contributed by atoms with Crippen molar-refractivity contribution in [3.05, 3.63) is 11.6 Å². The number of carbonyl (C=O) groups excluding carboxylic acids is 1. The molecule has 0 spiro atoms. The van der Waals surface area contributed by atoms with Crippen LogP contribution in [-0.2, 0) is 4.79 Å². The van der Waals surface area contributed by atoms with Crippen molar-refractivity contribution in [1.82, 2.24) is 0 Å². The quantitative estimate of drug-likeness (QED) is 0.662. The molecule has 3 heteroatoms. The lowest BCUT2D eigenvalue weighted by Gasteiger charge is -2.30. The van der Waals surface area contributed by atoms with E-state index in [1.807, 2.05) is 0 Å². The molecular formula is C10H16O3. The Morgan fingerprint density at radius 2 is 2.23 bits per heavy atom. The number of aliphatic hydroxyl groups excluding tert-OH is 1. The highest BCUT2D eigenvalue weighted by Gasteiger charge is 2.31. The summed E-state index contributed by atoms with van der Waals surface area (Å²) in [6.45, 7) is 3.24. The van der Waals surface area contributed by atoms with Gasteiger partial charge in [-0.1, -0.05) is 6.08 Å². The highest BCUT2D eigenvalue weighted by Crippen LogP contribution is 2.29. The van der Waals surface area contributed by atoms with Crippen LogP contribution in [0.1, 0.15) is 26.7 Å². The number of ketones is 1. The number of Topliss-reactive ketones (excluding diaryl/α,β-unsaturated/α-hetero) is 1. The Labute approximate surface area is 78.1 Å². The van der Waals surface area contributed by atoms with Crippen molar-refractivity contribution >= 4 is 5.78 Å². The summed E-state index contributed by atoms with van der Waals surface area (Å²) in [5.74, 6) is -0.0591. The maximum atomic E-state index is 11.3. The van der Waals surface area contributed by atoms with E-state index in [4.69, 9.17) is 5.11 Å². The molecule has 74 valence electrons. The second kappa shape index (κ2) is 3.60. The molecule has 0 saturated carbocycles. The van der Waals surface area contributed by atoms with E-state index in [1.165, 1.54) is 0 Å². The van der Waals surface area contributed by atoms with E-state index in [0.29, 0.717) is 18.4 Å². The average molecular weight is 184 g/mol. The van der Waals surface area contributed by atoms with E-state index in [2.05, 4.69) is 0 Å². The molecule has 1 aliphatic rings. The van der Waals surface area contributed by atoms with Crippen LogP contribution in [0, 0.1) is 5.92 Å². The fourth-order valence-corrected chi connectivity index (χ4v) is 1.53. The third-order valence-electron chi connectivity index (χ3n) is 2.61. The van der Waals surface area contributed by atoms with Crippen LogP contribution in [-0.4, -0.2) is 28.2 Å². The minimum Gasteiger partial charge on any atom is -0.392 e. The molecule has 0 fully saturated rings. The van der Waals surface area contributed by atoms with Gasteiger partial charge in [0.25, 0.3) is 0 Å². The van der Waals surface area contributed by atoms with Crippen molar-refractivity contribution in [3.8, 4) is 0 Å². The third-order valence-corrected chi connectivity index (χ3v) is 2.61. The lowest BCUT2D eigenvalue weighted by atomic mass is 9.79. The van der Waals surface area contributed by atoms with Crippen molar-refractivity contribution < 1.29 is 15.0 Å². The van der Waals surface area contributed by atoms with Gasteiger partial charge in [0.05, 0.1) is 12.2 Å². The van der Waals surface area contributed by atoms with Gasteiger partial charge in [0.2, 0.25) is 0 Å². The van der Waals surface area contributed by atoms with Crippen LogP contribution < -0.4 is 0 Å². The lowest BCUT2D eigenvalue weighted by Crippen LogP contribution is -2.34. The lowest BCUT2D eigenvalue weighted by molar-refractivity contribution is -0.119. The Bertz CT molecular complexity index is 235. The molecule has 0 saturated heterocycles. The summed E-state index contributed by atoms with van der Waals surface area (Å²) in [7, 11) is 0. The van der Waals surface area contributed by atoms with Crippen LogP contribution in [0.5, 0.6) is 0 Å². The predicted octanol–water partition coefficient (Wildman–Crippen LogP) is 0.655. The molecule has 0 heterocycles. The van der Waals surface area contributed by atoms with Crippen molar-refractivity contribution in [2.45, 2.75) is 32.3 Å². The maximum Gasteiger partial charge on any atom is 0.161 e. The Balaban J connectivity index is 2.72. The summed E-state index contributed by atoms with van der Waals surface area (Å²) < 4.78 is 0. The van der Waals surface area contributed by atoms with Crippen LogP contribution in [0.2, 0.25) is 0 Å². The molecule has 1 rings (SSSR count). The van der Waals surface area contributed by atoms with Gasteiger partial charge in [-0.25, -0.2) is 0 Å². The summed E-state index contributed by atoms with van der Waals surface area (Å²) >= 11 is 0. The number of rotatable bonds is 2. The Hall–Kier alpha value is -0.670. The smallest absolute Gasteiger partial charge is 0.161 e. The summed E-state index contributed by atoms with van der Waals surface area (Å²) in [6, 6.07) is 0. The van der Waals surface area contributed by atoms with E-state index in [9.17, 15) is 9.90 Å². The van der Waals surface area contributed by atoms with Gasteiger partial charge in [-0.05, 0) is 26.2 Å². The van der Waals surface area contributed by atoms with Crippen molar-refractivity contribution in [1.29, 1.82) is 0 Å². The van der Waals surface area contributed by atoms with Gasteiger partial charge >= 0.3 is 0 Å². The number of allylic oxidation sites excluding steroid dienone is 1. The molecule has 3 nitrogen and oxygen atoms in total. The van der Waals surface area contributed by atoms with Gasteiger partial charge in [0, 0.05) is 12.0 Å². The van der Waals surface area contributed by atoms with Crippen LogP contribution in [0.25, 0.3) is 0 Å². The molecule has 0 aromatic rings. The number of aliphatic hydroxyl groups is 2. The zero-order valence-electron chi connectivity index (χ0n) is 8.08. The van der Waals surface area contributed by atoms with E-state index >= 15 is 0 Å². The monoisotopic (exact) mass is 184 g/mol. The zero-order valence-corrected chi connectivity index (χ0v) is 8.08. The van der Waals surface area contributed by atoms with Crippen molar-refractivity contribution in [2.24, 2.45) is 5.92 Å². The van der Waals surface area contributed by atoms with Crippen LogP contribution in [0.15, 0.2) is 11.6 Å². The Morgan fingerprint density at radius 3 is 2.62 bits per heavy atom. The number of hydrogen-bond acceptors (Lipinski definition) is 3. The van der Waals surface area contributed by atoms with Crippen LogP contribution in [0.3, 0.4) is 0 Å². The minimum atomic E-state index is -0.812. The first-order valence-electron chi connectivity index (χ1n) is 4.50. The molecular weight excluding hydrogens is 168 g/mol. The molecule has 0 unspecified atom stereocenters. The van der Waals surface area contributed by atoms with Gasteiger partial charge in [-0.3, -0.25) is 4.79 Å². The zero-order chi connectivity index (χ0) is 10.1. The number of carbonyl (C=O) groups is 1. The largest absolute Gasteiger partial charge is 0.392 e. The molecule has 13 heavy (non-hydrogen) atoms. The van der Waals surface area contributed by atoms with Gasteiger partial charge in [-0.2, -0.15) is 0 Å². The van der Waals surface area contributed by atoms with Gasteiger partial charge in [0.1, 0.15) is 0 Å². The molecule has 0 aliphatic heterocycles. The minimum absolute atomic E-state index is 0.0182. The SMILES string of the molecule is CC(C)(O)[C@@H]1CC=C(CO)C(=O)C1. The second-order valence-electron chi connectivity index (χ2n) is 4.10. The second-order valence-corrected chi connectivity index (χ2v) is 4.10. The molecule has 0 bridgehead atoms. The Morgan fingerprint density at radius 1 is 1.62 bits per heavy atom. The fraction of sp³-hybridized carbons (Fsp3) is 0.700. The first-order valence-corrected chi connectivity index (χ1v) is 4.50. The van der Waals surface area contributed by atoms with Gasteiger partial charge in [-0.15, -0.1) is 0 Å². The highest BCUT2D eigenvalue weighted by molar-refractivity contribution is 5.96. The normalized spacial score (nSPS) is 24.5. The third kappa shape index (κ3) is 2.39. The average Bonchev–Trinajstić information content (AvgIpc) is 2.02. The molecule has 0 aromatic heterocycles. The molecule has 0 aromatic carbocycles. The summed E-state index contributed by atoms with van der Waals surface area (Å²) in [5.41, 5.74) is -0.326. The topological polar surface area (TPSA) is 57.5 Å². The van der Waals surface area contributed by atoms with E-state index in [1.54, 1.807) is 19.9 Å².